The third kappa shape index (κ3) is 4.02. The number of imide groups is 1. The van der Waals surface area contributed by atoms with E-state index in [1.54, 1.807) is 31.2 Å². The number of benzene rings is 2. The standard InChI is InChI=1S/C27H25F3N2O5/c1-3-35-18-6-8-19(9-7-18)36-13-12-26-11-10-25(2,37-26)21-22(26)24(34)32(23(21)33)17-5-4-16(15-31)20(14-17)27(28,29)30/h4-9,14,21-22H,3,10-13H2,1-2H3/t21-,22+,25-,26-/m0/s1. The summed E-state index contributed by atoms with van der Waals surface area (Å²) in [7, 11) is 0. The van der Waals surface area contributed by atoms with Gasteiger partial charge in [0.2, 0.25) is 11.8 Å². The van der Waals surface area contributed by atoms with Crippen molar-refractivity contribution in [1.82, 2.24) is 0 Å². The number of nitriles is 1. The molecule has 0 aliphatic carbocycles. The Kier molecular flexibility index (Phi) is 5.94. The second-order valence-electron chi connectivity index (χ2n) is 9.79. The van der Waals surface area contributed by atoms with E-state index in [0.717, 1.165) is 11.0 Å². The molecule has 0 N–H and O–H groups in total. The highest BCUT2D eigenvalue weighted by molar-refractivity contribution is 6.23. The Balaban J connectivity index is 1.39. The molecule has 3 aliphatic rings. The van der Waals surface area contributed by atoms with Gasteiger partial charge in [0, 0.05) is 6.42 Å². The number of rotatable bonds is 7. The summed E-state index contributed by atoms with van der Waals surface area (Å²) in [6, 6.07) is 11.5. The van der Waals surface area contributed by atoms with Crippen molar-refractivity contribution in [2.24, 2.45) is 11.8 Å². The zero-order valence-electron chi connectivity index (χ0n) is 20.3. The van der Waals surface area contributed by atoms with Crippen LogP contribution in [0.25, 0.3) is 0 Å². The predicted octanol–water partition coefficient (Wildman–Crippen LogP) is 4.87. The minimum absolute atomic E-state index is 0.195. The van der Waals surface area contributed by atoms with Crippen molar-refractivity contribution in [2.45, 2.75) is 50.5 Å². The first-order valence-electron chi connectivity index (χ1n) is 12.1. The van der Waals surface area contributed by atoms with E-state index in [-0.39, 0.29) is 12.3 Å². The fraction of sp³-hybridized carbons (Fsp3) is 0.444. The normalized spacial score (nSPS) is 28.4. The molecule has 0 saturated carbocycles. The summed E-state index contributed by atoms with van der Waals surface area (Å²) in [6.45, 7) is 4.44. The van der Waals surface area contributed by atoms with Crippen LogP contribution >= 0.6 is 0 Å². The second-order valence-corrected chi connectivity index (χ2v) is 9.79. The van der Waals surface area contributed by atoms with Crippen molar-refractivity contribution in [3.63, 3.8) is 0 Å². The number of hydrogen-bond acceptors (Lipinski definition) is 6. The topological polar surface area (TPSA) is 88.9 Å². The highest BCUT2D eigenvalue weighted by Crippen LogP contribution is 2.62. The Morgan fingerprint density at radius 2 is 1.70 bits per heavy atom. The molecule has 2 aromatic carbocycles. The fourth-order valence-corrected chi connectivity index (χ4v) is 6.01. The smallest absolute Gasteiger partial charge is 0.417 e. The van der Waals surface area contributed by atoms with E-state index in [9.17, 15) is 22.8 Å². The molecule has 2 amide bonds. The van der Waals surface area contributed by atoms with Gasteiger partial charge in [-0.25, -0.2) is 4.90 Å². The SMILES string of the molecule is CCOc1ccc(OCC[C@]23CC[C@](C)(O2)[C@@H]2C(=O)N(c4ccc(C#N)c(C(F)(F)F)c4)C(=O)[C@@H]23)cc1. The van der Waals surface area contributed by atoms with Crippen molar-refractivity contribution >= 4 is 17.5 Å². The minimum atomic E-state index is -4.81. The van der Waals surface area contributed by atoms with Crippen LogP contribution in [0.1, 0.15) is 44.2 Å². The number of carbonyl (C=O) groups is 2. The summed E-state index contributed by atoms with van der Waals surface area (Å²) < 4.78 is 58.3. The third-order valence-electron chi connectivity index (χ3n) is 7.63. The zero-order valence-corrected chi connectivity index (χ0v) is 20.3. The molecule has 2 bridgehead atoms. The molecule has 2 aromatic rings. The van der Waals surface area contributed by atoms with Gasteiger partial charge in [0.25, 0.3) is 0 Å². The van der Waals surface area contributed by atoms with Crippen molar-refractivity contribution in [3.05, 3.63) is 53.6 Å². The van der Waals surface area contributed by atoms with Crippen LogP contribution in [0.5, 0.6) is 11.5 Å². The highest BCUT2D eigenvalue weighted by atomic mass is 19.4. The van der Waals surface area contributed by atoms with E-state index in [1.165, 1.54) is 12.1 Å². The van der Waals surface area contributed by atoms with Crippen LogP contribution in [0.2, 0.25) is 0 Å². The lowest BCUT2D eigenvalue weighted by molar-refractivity contribution is -0.138. The monoisotopic (exact) mass is 514 g/mol. The number of nitrogens with zero attached hydrogens (tertiary/aromatic N) is 2. The molecule has 3 saturated heterocycles. The van der Waals surface area contributed by atoms with E-state index < -0.39 is 52.2 Å². The van der Waals surface area contributed by atoms with Gasteiger partial charge in [-0.3, -0.25) is 9.59 Å². The van der Waals surface area contributed by atoms with Crippen LogP contribution in [0.4, 0.5) is 18.9 Å². The summed E-state index contributed by atoms with van der Waals surface area (Å²) >= 11 is 0. The Hall–Kier alpha value is -3.58. The molecule has 37 heavy (non-hydrogen) atoms. The first-order chi connectivity index (χ1) is 17.5. The van der Waals surface area contributed by atoms with Crippen molar-refractivity contribution in [3.8, 4) is 17.6 Å². The molecule has 5 rings (SSSR count). The number of alkyl halides is 3. The van der Waals surface area contributed by atoms with Gasteiger partial charge >= 0.3 is 6.18 Å². The summed E-state index contributed by atoms with van der Waals surface area (Å²) in [5.74, 6) is -1.46. The summed E-state index contributed by atoms with van der Waals surface area (Å²) in [5.41, 5.74) is -3.81. The number of carbonyl (C=O) groups excluding carboxylic acids is 2. The summed E-state index contributed by atoms with van der Waals surface area (Å²) in [5, 5.41) is 9.09. The Bertz CT molecular complexity index is 1290. The van der Waals surface area contributed by atoms with Gasteiger partial charge in [0.1, 0.15) is 11.5 Å². The highest BCUT2D eigenvalue weighted by Gasteiger charge is 2.73. The van der Waals surface area contributed by atoms with Crippen LogP contribution in [-0.2, 0) is 20.5 Å². The maximum Gasteiger partial charge on any atom is 0.417 e. The maximum absolute atomic E-state index is 13.6. The van der Waals surface area contributed by atoms with Crippen LogP contribution in [0.3, 0.4) is 0 Å². The molecule has 3 fully saturated rings. The maximum atomic E-state index is 13.6. The molecule has 4 atom stereocenters. The molecule has 3 aliphatic heterocycles. The quantitative estimate of drug-likeness (QED) is 0.490. The van der Waals surface area contributed by atoms with Crippen LogP contribution in [-0.4, -0.2) is 36.2 Å². The third-order valence-corrected chi connectivity index (χ3v) is 7.63. The molecule has 10 heteroatoms. The van der Waals surface area contributed by atoms with E-state index >= 15 is 0 Å². The van der Waals surface area contributed by atoms with Crippen molar-refractivity contribution < 1.29 is 37.0 Å². The lowest BCUT2D eigenvalue weighted by atomic mass is 9.67. The number of halogens is 3. The van der Waals surface area contributed by atoms with Gasteiger partial charge in [-0.05, 0) is 69.2 Å². The van der Waals surface area contributed by atoms with Crippen molar-refractivity contribution in [1.29, 1.82) is 5.26 Å². The zero-order chi connectivity index (χ0) is 26.6. The molecule has 3 heterocycles. The van der Waals surface area contributed by atoms with E-state index in [2.05, 4.69) is 0 Å². The van der Waals surface area contributed by atoms with E-state index in [1.807, 2.05) is 6.92 Å². The summed E-state index contributed by atoms with van der Waals surface area (Å²) in [4.78, 5) is 27.9. The molecule has 194 valence electrons. The van der Waals surface area contributed by atoms with Gasteiger partial charge in [0.15, 0.2) is 0 Å². The largest absolute Gasteiger partial charge is 0.494 e. The number of hydrogen-bond donors (Lipinski definition) is 0. The average Bonchev–Trinajstić information content (AvgIpc) is 3.44. The number of fused-ring (bicyclic) bond motifs is 5. The first kappa shape index (κ1) is 25.1. The predicted molar refractivity (Wildman–Crippen MR) is 125 cm³/mol. The second kappa shape index (κ2) is 8.77. The number of anilines is 1. The van der Waals surface area contributed by atoms with Gasteiger partial charge in [-0.2, -0.15) is 18.4 Å². The Morgan fingerprint density at radius 3 is 2.32 bits per heavy atom. The molecule has 0 spiro atoms. The van der Waals surface area contributed by atoms with Crippen LogP contribution < -0.4 is 14.4 Å². The number of ether oxygens (including phenoxy) is 3. The van der Waals surface area contributed by atoms with Gasteiger partial charge in [-0.1, -0.05) is 0 Å². The van der Waals surface area contributed by atoms with Crippen LogP contribution in [0, 0.1) is 23.2 Å². The summed E-state index contributed by atoms with van der Waals surface area (Å²) in [6.07, 6.45) is -3.39. The molecular weight excluding hydrogens is 489 g/mol. The molecule has 7 nitrogen and oxygen atoms in total. The molecule has 0 aromatic heterocycles. The molecule has 0 radical (unpaired) electrons. The average molecular weight is 515 g/mol. The minimum Gasteiger partial charge on any atom is -0.494 e. The Morgan fingerprint density at radius 1 is 1.05 bits per heavy atom. The van der Waals surface area contributed by atoms with Gasteiger partial charge in [-0.15, -0.1) is 0 Å². The van der Waals surface area contributed by atoms with Crippen molar-refractivity contribution in [2.75, 3.05) is 18.1 Å². The van der Waals surface area contributed by atoms with E-state index in [4.69, 9.17) is 19.5 Å². The fourth-order valence-electron chi connectivity index (χ4n) is 6.01. The van der Waals surface area contributed by atoms with Crippen LogP contribution in [0.15, 0.2) is 42.5 Å². The van der Waals surface area contributed by atoms with Gasteiger partial charge < -0.3 is 14.2 Å². The molecular formula is C27H25F3N2O5. The van der Waals surface area contributed by atoms with E-state index in [0.29, 0.717) is 43.4 Å². The lowest BCUT2D eigenvalue weighted by Gasteiger charge is -2.31. The lowest BCUT2D eigenvalue weighted by Crippen LogP contribution is -2.43. The Labute approximate surface area is 211 Å². The number of amides is 2. The van der Waals surface area contributed by atoms with Gasteiger partial charge in [0.05, 0.1) is 59.1 Å². The first-order valence-corrected chi connectivity index (χ1v) is 12.1. The molecule has 0 unspecified atom stereocenters.